The number of pyridine rings is 1. The lowest BCUT2D eigenvalue weighted by atomic mass is 9.87. The number of para-hydroxylation sites is 2. The second-order valence-corrected chi connectivity index (χ2v) is 11.4. The van der Waals surface area contributed by atoms with E-state index in [0.29, 0.717) is 54.0 Å². The Bertz CT molecular complexity index is 1830. The van der Waals surface area contributed by atoms with Gasteiger partial charge in [-0.2, -0.15) is 0 Å². The van der Waals surface area contributed by atoms with Gasteiger partial charge in [0.2, 0.25) is 11.3 Å². The van der Waals surface area contributed by atoms with Gasteiger partial charge < -0.3 is 29.5 Å². The van der Waals surface area contributed by atoms with Crippen LogP contribution in [-0.4, -0.2) is 57.7 Å². The van der Waals surface area contributed by atoms with Gasteiger partial charge in [0.1, 0.15) is 22.9 Å². The number of nitrogens with one attached hydrogen (secondary N) is 1. The maximum absolute atomic E-state index is 15.4. The molecular formula is C32H27FN4O5S. The molecule has 9 nitrogen and oxygen atoms in total. The lowest BCUT2D eigenvalue weighted by molar-refractivity contribution is -0.120. The highest BCUT2D eigenvalue weighted by Gasteiger charge is 2.34. The summed E-state index contributed by atoms with van der Waals surface area (Å²) < 4.78 is 23.2. The number of carbonyl (C=O) groups excluding carboxylic acids is 1. The van der Waals surface area contributed by atoms with Crippen molar-refractivity contribution in [2.45, 2.75) is 24.8 Å². The van der Waals surface area contributed by atoms with Gasteiger partial charge in [-0.1, -0.05) is 36.4 Å². The van der Waals surface area contributed by atoms with Crippen molar-refractivity contribution in [2.24, 2.45) is 0 Å². The number of aromatic nitrogens is 1. The lowest BCUT2D eigenvalue weighted by Gasteiger charge is -2.38. The number of rotatable bonds is 4. The number of amides is 1. The number of carbonyl (C=O) groups is 2. The maximum Gasteiger partial charge on any atom is 0.341 e. The lowest BCUT2D eigenvalue weighted by Crippen LogP contribution is -2.53. The highest BCUT2D eigenvalue weighted by atomic mass is 32.1. The monoisotopic (exact) mass is 598 g/mol. The predicted octanol–water partition coefficient (Wildman–Crippen LogP) is 4.63. The highest BCUT2D eigenvalue weighted by molar-refractivity contribution is 7.80. The molecule has 0 spiro atoms. The molecule has 1 amide bonds. The van der Waals surface area contributed by atoms with Crippen molar-refractivity contribution in [2.75, 3.05) is 31.1 Å². The minimum atomic E-state index is -1.32. The van der Waals surface area contributed by atoms with Crippen LogP contribution in [0.2, 0.25) is 0 Å². The van der Waals surface area contributed by atoms with Crippen LogP contribution < -0.4 is 20.4 Å². The molecular weight excluding hydrogens is 571 g/mol. The van der Waals surface area contributed by atoms with Crippen molar-refractivity contribution in [1.82, 2.24) is 14.8 Å². The standard InChI is InChI=1S/C32H27FN4O5S/c33-23-15-21-24(37(18-9-10-18)17-22(29(21)38)31(40)41)16-25(23)35-11-13-36(14-12-35)32(43)34-30(39)28-19-5-1-3-7-26(19)42-27-8-4-2-6-20(27)28/h1-8,15-18,28H,9-14H2,(H,40,41)(H,34,39,43). The molecule has 0 radical (unpaired) electrons. The summed E-state index contributed by atoms with van der Waals surface area (Å²) in [6, 6.07) is 17.8. The third-order valence-corrected chi connectivity index (χ3v) is 8.71. The zero-order valence-corrected chi connectivity index (χ0v) is 23.8. The van der Waals surface area contributed by atoms with Crippen molar-refractivity contribution in [3.05, 3.63) is 99.6 Å². The number of ether oxygens (including phenoxy) is 1. The van der Waals surface area contributed by atoms with Crippen LogP contribution in [0, 0.1) is 5.82 Å². The van der Waals surface area contributed by atoms with Crippen LogP contribution >= 0.6 is 12.2 Å². The molecule has 1 saturated carbocycles. The summed E-state index contributed by atoms with van der Waals surface area (Å²) in [6.45, 7) is 1.76. The van der Waals surface area contributed by atoms with Crippen LogP contribution in [0.1, 0.15) is 46.3 Å². The first-order valence-corrected chi connectivity index (χ1v) is 14.5. The van der Waals surface area contributed by atoms with E-state index < -0.39 is 23.1 Å². The van der Waals surface area contributed by atoms with Crippen molar-refractivity contribution in [1.29, 1.82) is 0 Å². The van der Waals surface area contributed by atoms with Gasteiger partial charge in [-0.3, -0.25) is 9.59 Å². The van der Waals surface area contributed by atoms with E-state index in [0.717, 1.165) is 30.0 Å². The van der Waals surface area contributed by atoms with Crippen molar-refractivity contribution >= 4 is 45.8 Å². The molecule has 3 heterocycles. The topological polar surface area (TPSA) is 104 Å². The van der Waals surface area contributed by atoms with E-state index in [1.54, 1.807) is 10.6 Å². The van der Waals surface area contributed by atoms with Crippen LogP contribution in [0.4, 0.5) is 10.1 Å². The van der Waals surface area contributed by atoms with Gasteiger partial charge in [-0.25, -0.2) is 9.18 Å². The van der Waals surface area contributed by atoms with E-state index in [1.807, 2.05) is 58.3 Å². The van der Waals surface area contributed by atoms with Gasteiger partial charge in [-0.15, -0.1) is 0 Å². The molecule has 2 aliphatic heterocycles. The Morgan fingerprint density at radius 3 is 2.19 bits per heavy atom. The van der Waals surface area contributed by atoms with Crippen LogP contribution in [0.15, 0.2) is 71.7 Å². The number of nitrogens with zero attached hydrogens (tertiary/aromatic N) is 3. The number of carboxylic acid groups (broad SMARTS) is 1. The summed E-state index contributed by atoms with van der Waals surface area (Å²) in [5.41, 5.74) is 1.34. The minimum absolute atomic E-state index is 0.0619. The Morgan fingerprint density at radius 2 is 1.58 bits per heavy atom. The predicted molar refractivity (Wildman–Crippen MR) is 163 cm³/mol. The second kappa shape index (κ2) is 10.5. The molecule has 0 unspecified atom stereocenters. The third kappa shape index (κ3) is 4.79. The molecule has 1 aliphatic carbocycles. The number of aromatic carboxylic acids is 1. The smallest absolute Gasteiger partial charge is 0.341 e. The van der Waals surface area contributed by atoms with Gasteiger partial charge in [0.15, 0.2) is 5.11 Å². The molecule has 3 aliphatic rings. The van der Waals surface area contributed by atoms with E-state index >= 15 is 4.39 Å². The van der Waals surface area contributed by atoms with Gasteiger partial charge in [-0.05, 0) is 49.3 Å². The fraction of sp³-hybridized carbons (Fsp3) is 0.250. The Balaban J connectivity index is 1.08. The first-order valence-electron chi connectivity index (χ1n) is 14.1. The Morgan fingerprint density at radius 1 is 0.953 bits per heavy atom. The molecule has 7 rings (SSSR count). The summed E-state index contributed by atoms with van der Waals surface area (Å²) in [5.74, 6) is -1.49. The third-order valence-electron chi connectivity index (χ3n) is 8.35. The molecule has 2 fully saturated rings. The fourth-order valence-electron chi connectivity index (χ4n) is 6.01. The Kier molecular flexibility index (Phi) is 6.61. The summed E-state index contributed by atoms with van der Waals surface area (Å²) >= 11 is 5.65. The average molecular weight is 599 g/mol. The molecule has 4 aromatic rings. The molecule has 218 valence electrons. The van der Waals surface area contributed by atoms with Gasteiger partial charge in [0.05, 0.1) is 17.1 Å². The second-order valence-electron chi connectivity index (χ2n) is 11.0. The Hall–Kier alpha value is -4.77. The number of fused-ring (bicyclic) bond motifs is 3. The first-order chi connectivity index (χ1) is 20.8. The number of piperazine rings is 1. The van der Waals surface area contributed by atoms with Crippen molar-refractivity contribution < 1.29 is 23.8 Å². The normalized spacial score (nSPS) is 16.3. The maximum atomic E-state index is 15.4. The van der Waals surface area contributed by atoms with E-state index in [9.17, 15) is 19.5 Å². The van der Waals surface area contributed by atoms with E-state index in [-0.39, 0.29) is 22.9 Å². The van der Waals surface area contributed by atoms with Crippen LogP contribution in [0.25, 0.3) is 10.9 Å². The summed E-state index contributed by atoms with van der Waals surface area (Å²) in [7, 11) is 0. The zero-order valence-electron chi connectivity index (χ0n) is 23.0. The molecule has 11 heteroatoms. The molecule has 3 aromatic carbocycles. The molecule has 43 heavy (non-hydrogen) atoms. The SMILES string of the molecule is O=C(O)c1cn(C2CC2)c2cc(N3CCN(C(=S)NC(=O)C4c5ccccc5Oc5ccccc54)CC3)c(F)cc2c1=O. The molecule has 0 atom stereocenters. The van der Waals surface area contributed by atoms with Crippen LogP contribution in [0.3, 0.4) is 0 Å². The fourth-order valence-corrected chi connectivity index (χ4v) is 6.29. The van der Waals surface area contributed by atoms with Gasteiger partial charge in [0, 0.05) is 54.9 Å². The van der Waals surface area contributed by atoms with E-state index in [4.69, 9.17) is 17.0 Å². The largest absolute Gasteiger partial charge is 0.477 e. The van der Waals surface area contributed by atoms with Crippen molar-refractivity contribution in [3.8, 4) is 11.5 Å². The van der Waals surface area contributed by atoms with Gasteiger partial charge >= 0.3 is 5.97 Å². The summed E-state index contributed by atoms with van der Waals surface area (Å²) in [5, 5.41) is 12.8. The number of benzene rings is 3. The number of thiocarbonyl (C=S) groups is 1. The van der Waals surface area contributed by atoms with E-state index in [1.165, 1.54) is 6.20 Å². The van der Waals surface area contributed by atoms with Crippen molar-refractivity contribution in [3.63, 3.8) is 0 Å². The van der Waals surface area contributed by atoms with Crippen LogP contribution in [-0.2, 0) is 4.79 Å². The molecule has 1 saturated heterocycles. The number of carboxylic acids is 1. The quantitative estimate of drug-likeness (QED) is 0.328. The summed E-state index contributed by atoms with van der Waals surface area (Å²) in [6.07, 6.45) is 3.12. The zero-order chi connectivity index (χ0) is 29.8. The number of hydrogen-bond donors (Lipinski definition) is 2. The minimum Gasteiger partial charge on any atom is -0.477 e. The molecule has 1 aromatic heterocycles. The van der Waals surface area contributed by atoms with E-state index in [2.05, 4.69) is 5.32 Å². The molecule has 0 bridgehead atoms. The number of halogens is 1. The summed E-state index contributed by atoms with van der Waals surface area (Å²) in [4.78, 5) is 41.9. The highest BCUT2D eigenvalue weighted by Crippen LogP contribution is 2.44. The molecule has 2 N–H and O–H groups in total. The van der Waals surface area contributed by atoms with Crippen LogP contribution in [0.5, 0.6) is 11.5 Å². The first kappa shape index (κ1) is 27.1. The number of hydrogen-bond acceptors (Lipinski definition) is 6. The average Bonchev–Trinajstić information content (AvgIpc) is 3.85. The number of anilines is 1. The Labute approximate surface area is 251 Å². The van der Waals surface area contributed by atoms with Gasteiger partial charge in [0.25, 0.3) is 0 Å².